The molecular formula is C22H29FN4O4. The Kier molecular flexibility index (Phi) is 6.70. The Labute approximate surface area is 181 Å². The lowest BCUT2D eigenvalue weighted by molar-refractivity contribution is -0.139. The van der Waals surface area contributed by atoms with E-state index in [0.717, 1.165) is 18.5 Å². The minimum atomic E-state index is -0.485. The maximum Gasteiger partial charge on any atom is 0.317 e. The Balaban J connectivity index is 1.33. The first kappa shape index (κ1) is 21.5. The van der Waals surface area contributed by atoms with Crippen LogP contribution in [0.25, 0.3) is 0 Å². The lowest BCUT2D eigenvalue weighted by Gasteiger charge is -2.43. The highest BCUT2D eigenvalue weighted by atomic mass is 19.1. The van der Waals surface area contributed by atoms with Crippen LogP contribution in [0.5, 0.6) is 0 Å². The van der Waals surface area contributed by atoms with E-state index in [1.165, 1.54) is 12.1 Å². The molecule has 1 N–H and O–H groups in total. The van der Waals surface area contributed by atoms with Crippen LogP contribution >= 0.6 is 0 Å². The minimum absolute atomic E-state index is 0.0583. The summed E-state index contributed by atoms with van der Waals surface area (Å²) >= 11 is 0. The Bertz CT molecular complexity index is 823. The Morgan fingerprint density at radius 2 is 1.94 bits per heavy atom. The van der Waals surface area contributed by atoms with Gasteiger partial charge in [-0.25, -0.2) is 9.18 Å². The van der Waals surface area contributed by atoms with E-state index in [1.54, 1.807) is 21.9 Å². The molecule has 0 saturated carbocycles. The van der Waals surface area contributed by atoms with Crippen molar-refractivity contribution in [3.63, 3.8) is 0 Å². The minimum Gasteiger partial charge on any atom is -0.378 e. The zero-order chi connectivity index (χ0) is 21.8. The van der Waals surface area contributed by atoms with Crippen LogP contribution in [-0.4, -0.2) is 91.1 Å². The number of nitrogens with one attached hydrogen (secondary N) is 1. The Morgan fingerprint density at radius 1 is 1.16 bits per heavy atom. The molecule has 3 fully saturated rings. The number of halogens is 1. The number of rotatable bonds is 6. The third kappa shape index (κ3) is 5.15. The van der Waals surface area contributed by atoms with Crippen LogP contribution < -0.4 is 5.32 Å². The fourth-order valence-corrected chi connectivity index (χ4v) is 4.43. The lowest BCUT2D eigenvalue weighted by Crippen LogP contribution is -2.63. The van der Waals surface area contributed by atoms with Gasteiger partial charge in [-0.3, -0.25) is 9.59 Å². The molecule has 0 aliphatic carbocycles. The number of morpholine rings is 1. The summed E-state index contributed by atoms with van der Waals surface area (Å²) in [6.07, 6.45) is 1.82. The van der Waals surface area contributed by atoms with Crippen molar-refractivity contribution < 1.29 is 23.5 Å². The standard InChI is InChI=1S/C22H29FN4O4/c23-18-4-1-3-16(12-18)11-17(21(29)25-7-9-31-10-8-25)13-24-22(30)26-14-19(15-26)27-6-2-5-20(27)28/h1,3-4,12,17,19H,2,5-11,13-15H2,(H,24,30). The molecule has 4 rings (SSSR count). The maximum atomic E-state index is 13.6. The van der Waals surface area contributed by atoms with Gasteiger partial charge in [0.25, 0.3) is 0 Å². The fraction of sp³-hybridized carbons (Fsp3) is 0.591. The second-order valence-electron chi connectivity index (χ2n) is 8.40. The third-order valence-electron chi connectivity index (χ3n) is 6.24. The van der Waals surface area contributed by atoms with Crippen LogP contribution in [0.15, 0.2) is 24.3 Å². The monoisotopic (exact) mass is 432 g/mol. The molecule has 0 spiro atoms. The molecule has 1 aromatic carbocycles. The van der Waals surface area contributed by atoms with Crippen molar-refractivity contribution in [2.45, 2.75) is 25.3 Å². The molecule has 1 atom stereocenters. The van der Waals surface area contributed by atoms with Gasteiger partial charge < -0.3 is 24.8 Å². The number of benzene rings is 1. The molecule has 168 valence electrons. The zero-order valence-electron chi connectivity index (χ0n) is 17.6. The summed E-state index contributed by atoms with van der Waals surface area (Å²) in [4.78, 5) is 42.8. The van der Waals surface area contributed by atoms with E-state index in [0.29, 0.717) is 52.2 Å². The van der Waals surface area contributed by atoms with E-state index >= 15 is 0 Å². The summed E-state index contributed by atoms with van der Waals surface area (Å²) in [5.74, 6) is -0.725. The highest BCUT2D eigenvalue weighted by Crippen LogP contribution is 2.21. The van der Waals surface area contributed by atoms with Crippen molar-refractivity contribution in [3.05, 3.63) is 35.6 Å². The Hall–Kier alpha value is -2.68. The molecule has 8 nitrogen and oxygen atoms in total. The second-order valence-corrected chi connectivity index (χ2v) is 8.40. The molecule has 4 amide bonds. The number of carbonyl (C=O) groups is 3. The van der Waals surface area contributed by atoms with Crippen LogP contribution in [0.1, 0.15) is 18.4 Å². The summed E-state index contributed by atoms with van der Waals surface area (Å²) in [5.41, 5.74) is 0.720. The van der Waals surface area contributed by atoms with Crippen LogP contribution in [0.4, 0.5) is 9.18 Å². The maximum absolute atomic E-state index is 13.6. The molecule has 1 aromatic rings. The van der Waals surface area contributed by atoms with E-state index in [-0.39, 0.29) is 36.2 Å². The number of nitrogens with zero attached hydrogens (tertiary/aromatic N) is 3. The molecule has 0 aromatic heterocycles. The van der Waals surface area contributed by atoms with Crippen LogP contribution in [0.3, 0.4) is 0 Å². The number of carbonyl (C=O) groups excluding carboxylic acids is 3. The van der Waals surface area contributed by atoms with E-state index in [9.17, 15) is 18.8 Å². The van der Waals surface area contributed by atoms with Gasteiger partial charge in [-0.1, -0.05) is 12.1 Å². The first-order valence-corrected chi connectivity index (χ1v) is 10.9. The summed E-state index contributed by atoms with van der Waals surface area (Å²) in [6, 6.07) is 6.07. The van der Waals surface area contributed by atoms with Gasteiger partial charge in [0.15, 0.2) is 0 Å². The number of hydrogen-bond donors (Lipinski definition) is 1. The number of hydrogen-bond acceptors (Lipinski definition) is 4. The van der Waals surface area contributed by atoms with E-state index < -0.39 is 5.92 Å². The largest absolute Gasteiger partial charge is 0.378 e. The topological polar surface area (TPSA) is 82.2 Å². The summed E-state index contributed by atoms with van der Waals surface area (Å²) in [6.45, 7) is 4.00. The van der Waals surface area contributed by atoms with Crippen molar-refractivity contribution in [2.75, 3.05) is 52.5 Å². The van der Waals surface area contributed by atoms with Crippen molar-refractivity contribution in [2.24, 2.45) is 5.92 Å². The van der Waals surface area contributed by atoms with Gasteiger partial charge >= 0.3 is 6.03 Å². The van der Waals surface area contributed by atoms with Gasteiger partial charge in [0.2, 0.25) is 11.8 Å². The highest BCUT2D eigenvalue weighted by molar-refractivity contribution is 5.82. The van der Waals surface area contributed by atoms with Crippen molar-refractivity contribution in [1.82, 2.24) is 20.0 Å². The van der Waals surface area contributed by atoms with Gasteiger partial charge in [0.1, 0.15) is 5.82 Å². The van der Waals surface area contributed by atoms with E-state index in [1.807, 2.05) is 4.90 Å². The number of urea groups is 1. The molecule has 3 saturated heterocycles. The van der Waals surface area contributed by atoms with E-state index in [4.69, 9.17) is 4.74 Å². The summed E-state index contributed by atoms with van der Waals surface area (Å²) in [5, 5.41) is 2.87. The SMILES string of the molecule is O=C(NCC(Cc1cccc(F)c1)C(=O)N1CCOCC1)N1CC(N2CCCC2=O)C1. The Morgan fingerprint density at radius 3 is 2.61 bits per heavy atom. The molecule has 31 heavy (non-hydrogen) atoms. The predicted molar refractivity (Wildman–Crippen MR) is 111 cm³/mol. The third-order valence-corrected chi connectivity index (χ3v) is 6.24. The summed E-state index contributed by atoms with van der Waals surface area (Å²) in [7, 11) is 0. The lowest BCUT2D eigenvalue weighted by atomic mass is 9.97. The van der Waals surface area contributed by atoms with E-state index in [2.05, 4.69) is 5.32 Å². The van der Waals surface area contributed by atoms with Crippen molar-refractivity contribution in [1.29, 1.82) is 0 Å². The number of ether oxygens (including phenoxy) is 1. The number of likely N-dealkylation sites (tertiary alicyclic amines) is 2. The molecule has 0 bridgehead atoms. The molecule has 3 aliphatic rings. The zero-order valence-corrected chi connectivity index (χ0v) is 17.6. The second kappa shape index (κ2) is 9.64. The first-order valence-electron chi connectivity index (χ1n) is 10.9. The first-order chi connectivity index (χ1) is 15.0. The van der Waals surface area contributed by atoms with Crippen LogP contribution in [-0.2, 0) is 20.7 Å². The number of amides is 4. The van der Waals surface area contributed by atoms with Crippen LogP contribution in [0.2, 0.25) is 0 Å². The highest BCUT2D eigenvalue weighted by Gasteiger charge is 2.39. The average Bonchev–Trinajstić information content (AvgIpc) is 3.15. The quantitative estimate of drug-likeness (QED) is 0.723. The van der Waals surface area contributed by atoms with Gasteiger partial charge in [0, 0.05) is 45.7 Å². The fourth-order valence-electron chi connectivity index (χ4n) is 4.43. The average molecular weight is 432 g/mol. The molecule has 1 unspecified atom stereocenters. The smallest absolute Gasteiger partial charge is 0.317 e. The molecule has 0 radical (unpaired) electrons. The van der Waals surface area contributed by atoms with Gasteiger partial charge in [0.05, 0.1) is 25.2 Å². The van der Waals surface area contributed by atoms with Crippen LogP contribution in [0, 0.1) is 11.7 Å². The van der Waals surface area contributed by atoms with Gasteiger partial charge in [-0.15, -0.1) is 0 Å². The predicted octanol–water partition coefficient (Wildman–Crippen LogP) is 0.859. The molecule has 3 heterocycles. The van der Waals surface area contributed by atoms with Crippen molar-refractivity contribution in [3.8, 4) is 0 Å². The molecule has 9 heteroatoms. The van der Waals surface area contributed by atoms with Crippen molar-refractivity contribution >= 4 is 17.8 Å². The molecule has 3 aliphatic heterocycles. The molecular weight excluding hydrogens is 403 g/mol. The van der Waals surface area contributed by atoms with Gasteiger partial charge in [-0.05, 0) is 30.5 Å². The normalized spacial score (nSPS) is 20.5. The van der Waals surface area contributed by atoms with Gasteiger partial charge in [-0.2, -0.15) is 0 Å². The summed E-state index contributed by atoms with van der Waals surface area (Å²) < 4.78 is 19.0.